The van der Waals surface area contributed by atoms with Crippen molar-refractivity contribution in [1.29, 1.82) is 0 Å². The number of likely N-dealkylation sites (tertiary alicyclic amines) is 1. The quantitative estimate of drug-likeness (QED) is 0.848. The van der Waals surface area contributed by atoms with E-state index in [4.69, 9.17) is 16.3 Å². The van der Waals surface area contributed by atoms with Gasteiger partial charge in [0.15, 0.2) is 0 Å². The number of amides is 1. The summed E-state index contributed by atoms with van der Waals surface area (Å²) in [5, 5.41) is 12.4. The van der Waals surface area contributed by atoms with Gasteiger partial charge in [0, 0.05) is 18.0 Å². The summed E-state index contributed by atoms with van der Waals surface area (Å²) in [4.78, 5) is 25.6. The number of carboxylic acid groups (broad SMARTS) is 1. The van der Waals surface area contributed by atoms with Crippen LogP contribution in [0.1, 0.15) is 39.2 Å². The Balaban J connectivity index is 2.31. The number of rotatable bonds is 3. The van der Waals surface area contributed by atoms with Gasteiger partial charge in [0.1, 0.15) is 5.60 Å². The number of aliphatic carboxylic acids is 1. The van der Waals surface area contributed by atoms with Crippen molar-refractivity contribution in [3.8, 4) is 0 Å². The van der Waals surface area contributed by atoms with Gasteiger partial charge >= 0.3 is 6.09 Å². The van der Waals surface area contributed by atoms with Crippen LogP contribution in [0.15, 0.2) is 24.3 Å². The number of nitrogens with zero attached hydrogens (tertiary/aromatic N) is 1. The van der Waals surface area contributed by atoms with Crippen LogP contribution < -0.4 is 5.11 Å². The SMILES string of the molecule is CC(C)(C)OC(=O)N1CCC[C@]1(Cc1cccc(Cl)c1)C(=O)[O-]. The molecule has 0 aliphatic carbocycles. The number of benzene rings is 1. The number of hydrogen-bond acceptors (Lipinski definition) is 4. The topological polar surface area (TPSA) is 69.7 Å². The zero-order valence-electron chi connectivity index (χ0n) is 13.6. The molecule has 0 bridgehead atoms. The van der Waals surface area contributed by atoms with Crippen molar-refractivity contribution >= 4 is 23.7 Å². The van der Waals surface area contributed by atoms with Gasteiger partial charge in [0.2, 0.25) is 0 Å². The molecule has 1 amide bonds. The molecule has 126 valence electrons. The first kappa shape index (κ1) is 17.6. The first-order valence-corrected chi connectivity index (χ1v) is 7.98. The molecule has 1 atom stereocenters. The zero-order chi connectivity index (χ0) is 17.3. The predicted molar refractivity (Wildman–Crippen MR) is 85.1 cm³/mol. The lowest BCUT2D eigenvalue weighted by molar-refractivity contribution is -0.317. The largest absolute Gasteiger partial charge is 0.548 e. The molecule has 0 spiro atoms. The normalized spacial score (nSPS) is 21.3. The minimum absolute atomic E-state index is 0.148. The van der Waals surface area contributed by atoms with Gasteiger partial charge in [-0.2, -0.15) is 0 Å². The van der Waals surface area contributed by atoms with Gasteiger partial charge in [-0.3, -0.25) is 4.90 Å². The van der Waals surface area contributed by atoms with Gasteiger partial charge in [-0.1, -0.05) is 23.7 Å². The van der Waals surface area contributed by atoms with Crippen LogP contribution in [-0.2, 0) is 16.0 Å². The van der Waals surface area contributed by atoms with Crippen molar-refractivity contribution in [3.05, 3.63) is 34.9 Å². The van der Waals surface area contributed by atoms with E-state index in [2.05, 4.69) is 0 Å². The fraction of sp³-hybridized carbons (Fsp3) is 0.529. The Kier molecular flexibility index (Phi) is 4.90. The molecule has 0 saturated carbocycles. The first-order chi connectivity index (χ1) is 10.6. The molecule has 1 heterocycles. The van der Waals surface area contributed by atoms with Gasteiger partial charge in [0.05, 0.1) is 11.5 Å². The van der Waals surface area contributed by atoms with Crippen LogP contribution in [0, 0.1) is 0 Å². The van der Waals surface area contributed by atoms with Crippen molar-refractivity contribution < 1.29 is 19.4 Å². The number of carbonyl (C=O) groups is 2. The maximum absolute atomic E-state index is 12.4. The van der Waals surface area contributed by atoms with E-state index >= 15 is 0 Å². The molecule has 1 saturated heterocycles. The highest BCUT2D eigenvalue weighted by Gasteiger charge is 2.46. The van der Waals surface area contributed by atoms with E-state index in [9.17, 15) is 14.7 Å². The fourth-order valence-electron chi connectivity index (χ4n) is 2.91. The molecule has 0 N–H and O–H groups in total. The van der Waals surface area contributed by atoms with E-state index in [1.807, 2.05) is 0 Å². The van der Waals surface area contributed by atoms with Crippen molar-refractivity contribution in [2.75, 3.05) is 6.54 Å². The molecule has 6 heteroatoms. The van der Waals surface area contributed by atoms with Gasteiger partial charge in [-0.05, 0) is 51.3 Å². The summed E-state index contributed by atoms with van der Waals surface area (Å²) < 4.78 is 5.36. The molecule has 1 aliphatic rings. The Morgan fingerprint density at radius 3 is 2.65 bits per heavy atom. The van der Waals surface area contributed by atoms with Crippen molar-refractivity contribution in [2.24, 2.45) is 0 Å². The lowest BCUT2D eigenvalue weighted by atomic mass is 9.88. The highest BCUT2D eigenvalue weighted by Crippen LogP contribution is 2.34. The molecule has 23 heavy (non-hydrogen) atoms. The van der Waals surface area contributed by atoms with Crippen molar-refractivity contribution in [1.82, 2.24) is 4.90 Å². The average Bonchev–Trinajstić information content (AvgIpc) is 2.82. The zero-order valence-corrected chi connectivity index (χ0v) is 14.4. The minimum Gasteiger partial charge on any atom is -0.548 e. The summed E-state index contributed by atoms with van der Waals surface area (Å²) in [6.07, 6.45) is 0.450. The van der Waals surface area contributed by atoms with E-state index < -0.39 is 23.2 Å². The van der Waals surface area contributed by atoms with E-state index in [1.54, 1.807) is 45.0 Å². The molecule has 1 fully saturated rings. The Labute approximate surface area is 141 Å². The molecular formula is C17H21ClNO4-. The molecule has 1 aromatic carbocycles. The average molecular weight is 339 g/mol. The van der Waals surface area contributed by atoms with Crippen LogP contribution >= 0.6 is 11.6 Å². The highest BCUT2D eigenvalue weighted by atomic mass is 35.5. The van der Waals surface area contributed by atoms with E-state index in [-0.39, 0.29) is 6.42 Å². The second kappa shape index (κ2) is 6.40. The summed E-state index contributed by atoms with van der Waals surface area (Å²) in [6, 6.07) is 6.98. The van der Waals surface area contributed by atoms with E-state index in [0.29, 0.717) is 24.4 Å². The highest BCUT2D eigenvalue weighted by molar-refractivity contribution is 6.30. The molecule has 1 aromatic rings. The molecule has 0 radical (unpaired) electrons. The standard InChI is InChI=1S/C17H22ClNO4/c1-16(2,3)23-15(22)19-9-5-8-17(19,14(20)21)11-12-6-4-7-13(18)10-12/h4,6-7,10H,5,8-9,11H2,1-3H3,(H,20,21)/p-1/t17-/m0/s1. The van der Waals surface area contributed by atoms with Crippen molar-refractivity contribution in [2.45, 2.75) is 51.2 Å². The molecule has 0 aromatic heterocycles. The van der Waals surface area contributed by atoms with Gasteiger partial charge in [-0.15, -0.1) is 0 Å². The summed E-state index contributed by atoms with van der Waals surface area (Å²) in [5.74, 6) is -1.26. The lowest BCUT2D eigenvalue weighted by Crippen LogP contribution is -2.60. The summed E-state index contributed by atoms with van der Waals surface area (Å²) in [5.41, 5.74) is -1.34. The molecule has 2 rings (SSSR count). The first-order valence-electron chi connectivity index (χ1n) is 7.61. The van der Waals surface area contributed by atoms with Crippen LogP contribution in [-0.4, -0.2) is 34.6 Å². The molecule has 1 aliphatic heterocycles. The minimum atomic E-state index is -1.40. The Morgan fingerprint density at radius 1 is 1.39 bits per heavy atom. The summed E-state index contributed by atoms with van der Waals surface area (Å²) in [6.45, 7) is 5.58. The smallest absolute Gasteiger partial charge is 0.411 e. The molecule has 5 nitrogen and oxygen atoms in total. The monoisotopic (exact) mass is 338 g/mol. The number of hydrogen-bond donors (Lipinski definition) is 0. The van der Waals surface area contributed by atoms with Crippen LogP contribution in [0.5, 0.6) is 0 Å². The fourth-order valence-corrected chi connectivity index (χ4v) is 3.13. The number of carbonyl (C=O) groups excluding carboxylic acids is 2. The van der Waals surface area contributed by atoms with E-state index in [0.717, 1.165) is 5.56 Å². The van der Waals surface area contributed by atoms with Crippen molar-refractivity contribution in [3.63, 3.8) is 0 Å². The van der Waals surface area contributed by atoms with Gasteiger partial charge < -0.3 is 14.6 Å². The van der Waals surface area contributed by atoms with Gasteiger partial charge in [0.25, 0.3) is 0 Å². The third-order valence-corrected chi connectivity index (χ3v) is 4.10. The van der Waals surface area contributed by atoms with Crippen LogP contribution in [0.4, 0.5) is 4.79 Å². The maximum atomic E-state index is 12.4. The van der Waals surface area contributed by atoms with E-state index in [1.165, 1.54) is 4.90 Å². The Bertz CT molecular complexity index is 611. The number of ether oxygens (including phenoxy) is 1. The van der Waals surface area contributed by atoms with Crippen LogP contribution in [0.25, 0.3) is 0 Å². The Hall–Kier alpha value is -1.75. The third kappa shape index (κ3) is 3.96. The van der Waals surface area contributed by atoms with Gasteiger partial charge in [-0.25, -0.2) is 4.79 Å². The van der Waals surface area contributed by atoms with Crippen LogP contribution in [0.3, 0.4) is 0 Å². The van der Waals surface area contributed by atoms with Crippen LogP contribution in [0.2, 0.25) is 5.02 Å². The maximum Gasteiger partial charge on any atom is 0.411 e. The second-order valence-corrected chi connectivity index (χ2v) is 7.30. The number of carboxylic acids is 1. The summed E-state index contributed by atoms with van der Waals surface area (Å²) in [7, 11) is 0. The molecule has 0 unspecified atom stereocenters. The Morgan fingerprint density at radius 2 is 2.09 bits per heavy atom. The molecular weight excluding hydrogens is 318 g/mol. The number of halogens is 1. The predicted octanol–water partition coefficient (Wildman–Crippen LogP) is 2.40. The second-order valence-electron chi connectivity index (χ2n) is 6.86. The summed E-state index contributed by atoms with van der Waals surface area (Å²) >= 11 is 5.97. The third-order valence-electron chi connectivity index (χ3n) is 3.87. The lowest BCUT2D eigenvalue weighted by Gasteiger charge is -2.40.